The van der Waals surface area contributed by atoms with Gasteiger partial charge in [0.1, 0.15) is 0 Å². The van der Waals surface area contributed by atoms with Gasteiger partial charge in [-0.25, -0.2) is 0 Å². The Bertz CT molecular complexity index is 315. The van der Waals surface area contributed by atoms with Crippen LogP contribution in [-0.4, -0.2) is 5.25 Å². The summed E-state index contributed by atoms with van der Waals surface area (Å²) in [5.41, 5.74) is 3.09. The van der Waals surface area contributed by atoms with Crippen molar-refractivity contribution in [2.24, 2.45) is 0 Å². The Morgan fingerprint density at radius 3 is 2.85 bits per heavy atom. The maximum atomic E-state index is 2.31. The van der Waals surface area contributed by atoms with Gasteiger partial charge in [-0.15, -0.1) is 11.8 Å². The lowest BCUT2D eigenvalue weighted by atomic mass is 9.99. The third kappa shape index (κ3) is 1.62. The van der Waals surface area contributed by atoms with Crippen LogP contribution in [0.25, 0.3) is 0 Å². The zero-order valence-electron chi connectivity index (χ0n) is 8.50. The third-order valence-electron chi connectivity index (χ3n) is 2.58. The van der Waals surface area contributed by atoms with Gasteiger partial charge in [0, 0.05) is 10.1 Å². The number of benzene rings is 1. The second kappa shape index (κ2) is 3.38. The van der Waals surface area contributed by atoms with E-state index in [0.29, 0.717) is 5.92 Å². The molecule has 1 aromatic rings. The van der Waals surface area contributed by atoms with Crippen LogP contribution in [-0.2, 0) is 6.42 Å². The monoisotopic (exact) mass is 192 g/mol. The summed E-state index contributed by atoms with van der Waals surface area (Å²) in [6, 6.07) is 6.75. The Balaban J connectivity index is 2.45. The van der Waals surface area contributed by atoms with Gasteiger partial charge in [-0.2, -0.15) is 0 Å². The molecule has 0 N–H and O–H groups in total. The molecule has 0 aliphatic carbocycles. The van der Waals surface area contributed by atoms with Crippen molar-refractivity contribution in [3.05, 3.63) is 29.3 Å². The molecule has 0 amide bonds. The van der Waals surface area contributed by atoms with Crippen molar-refractivity contribution in [2.45, 2.75) is 43.3 Å². The lowest BCUT2D eigenvalue weighted by molar-refractivity contribution is 0.835. The van der Waals surface area contributed by atoms with Crippen LogP contribution in [0.5, 0.6) is 0 Å². The van der Waals surface area contributed by atoms with Crippen LogP contribution < -0.4 is 0 Å². The lowest BCUT2D eigenvalue weighted by Crippen LogP contribution is -1.91. The van der Waals surface area contributed by atoms with Gasteiger partial charge >= 0.3 is 0 Å². The van der Waals surface area contributed by atoms with E-state index in [9.17, 15) is 0 Å². The summed E-state index contributed by atoms with van der Waals surface area (Å²) in [4.78, 5) is 1.56. The van der Waals surface area contributed by atoms with Crippen LogP contribution in [0, 0.1) is 0 Å². The molecule has 0 nitrogen and oxygen atoms in total. The maximum absolute atomic E-state index is 2.31. The van der Waals surface area contributed by atoms with E-state index in [2.05, 4.69) is 39.0 Å². The van der Waals surface area contributed by atoms with Crippen molar-refractivity contribution in [2.75, 3.05) is 0 Å². The van der Waals surface area contributed by atoms with E-state index in [0.717, 1.165) is 5.25 Å². The highest BCUT2D eigenvalue weighted by Gasteiger charge is 2.21. The second-order valence-electron chi connectivity index (χ2n) is 4.12. The van der Waals surface area contributed by atoms with Gasteiger partial charge in [-0.3, -0.25) is 0 Å². The molecule has 1 aromatic carbocycles. The minimum atomic E-state index is 0.660. The number of fused-ring (bicyclic) bond motifs is 1. The summed E-state index contributed by atoms with van der Waals surface area (Å²) >= 11 is 2.05. The highest BCUT2D eigenvalue weighted by Crippen LogP contribution is 2.41. The number of hydrogen-bond acceptors (Lipinski definition) is 1. The predicted octanol–water partition coefficient (Wildman–Crippen LogP) is 3.85. The fraction of sp³-hybridized carbons (Fsp3) is 0.500. The molecule has 0 radical (unpaired) electrons. The Morgan fingerprint density at radius 1 is 1.38 bits per heavy atom. The molecule has 0 fully saturated rings. The molecule has 70 valence electrons. The third-order valence-corrected chi connectivity index (χ3v) is 3.88. The number of thioether (sulfide) groups is 1. The maximum Gasteiger partial charge on any atom is 0.0142 e. The lowest BCUT2D eigenvalue weighted by Gasteiger charge is -2.10. The Labute approximate surface area is 84.7 Å². The fourth-order valence-corrected chi connectivity index (χ4v) is 3.32. The van der Waals surface area contributed by atoms with Crippen LogP contribution in [0.4, 0.5) is 0 Å². The molecule has 1 atom stereocenters. The first-order valence-corrected chi connectivity index (χ1v) is 5.85. The molecular weight excluding hydrogens is 176 g/mol. The van der Waals surface area contributed by atoms with Gasteiger partial charge < -0.3 is 0 Å². The van der Waals surface area contributed by atoms with Crippen molar-refractivity contribution in [1.29, 1.82) is 0 Å². The average molecular weight is 192 g/mol. The Kier molecular flexibility index (Phi) is 2.37. The first-order chi connectivity index (χ1) is 6.18. The minimum Gasteiger partial charge on any atom is -0.122 e. The first-order valence-electron chi connectivity index (χ1n) is 4.97. The fourth-order valence-electron chi connectivity index (χ4n) is 1.92. The second-order valence-corrected chi connectivity index (χ2v) is 5.57. The number of rotatable bonds is 1. The van der Waals surface area contributed by atoms with E-state index in [-0.39, 0.29) is 0 Å². The van der Waals surface area contributed by atoms with Crippen LogP contribution in [0.3, 0.4) is 0 Å². The first kappa shape index (κ1) is 9.14. The molecular formula is C12H16S. The summed E-state index contributed by atoms with van der Waals surface area (Å²) in [7, 11) is 0. The molecule has 13 heavy (non-hydrogen) atoms. The Morgan fingerprint density at radius 2 is 2.15 bits per heavy atom. The van der Waals surface area contributed by atoms with Crippen LogP contribution >= 0.6 is 11.8 Å². The van der Waals surface area contributed by atoms with E-state index in [1.54, 1.807) is 10.5 Å². The van der Waals surface area contributed by atoms with E-state index < -0.39 is 0 Å². The molecule has 0 bridgehead atoms. The highest BCUT2D eigenvalue weighted by atomic mass is 32.2. The van der Waals surface area contributed by atoms with E-state index >= 15 is 0 Å². The van der Waals surface area contributed by atoms with E-state index in [1.807, 2.05) is 11.8 Å². The summed E-state index contributed by atoms with van der Waals surface area (Å²) in [6.45, 7) is 6.87. The highest BCUT2D eigenvalue weighted by molar-refractivity contribution is 8.00. The SMILES string of the molecule is CC(C)c1cccc2c1S[C@H](C)C2. The Hall–Kier alpha value is -0.430. The molecule has 1 heterocycles. The normalized spacial score (nSPS) is 20.8. The van der Waals surface area contributed by atoms with E-state index in [1.165, 1.54) is 12.0 Å². The zero-order chi connectivity index (χ0) is 9.42. The molecule has 0 aromatic heterocycles. The van der Waals surface area contributed by atoms with Crippen molar-refractivity contribution in [3.8, 4) is 0 Å². The van der Waals surface area contributed by atoms with Crippen LogP contribution in [0.1, 0.15) is 37.8 Å². The molecule has 0 saturated carbocycles. The average Bonchev–Trinajstić information content (AvgIpc) is 2.43. The van der Waals surface area contributed by atoms with Gasteiger partial charge in [0.15, 0.2) is 0 Å². The van der Waals surface area contributed by atoms with Crippen molar-refractivity contribution >= 4 is 11.8 Å². The largest absolute Gasteiger partial charge is 0.122 e. The molecule has 0 spiro atoms. The summed E-state index contributed by atoms with van der Waals surface area (Å²) < 4.78 is 0. The quantitative estimate of drug-likeness (QED) is 0.651. The van der Waals surface area contributed by atoms with Gasteiger partial charge in [0.05, 0.1) is 0 Å². The molecule has 0 saturated heterocycles. The summed E-state index contributed by atoms with van der Waals surface area (Å²) in [5, 5.41) is 0.773. The molecule has 1 aliphatic heterocycles. The van der Waals surface area contributed by atoms with Crippen LogP contribution in [0.2, 0.25) is 0 Å². The predicted molar refractivity (Wildman–Crippen MR) is 59.6 cm³/mol. The summed E-state index contributed by atoms with van der Waals surface area (Å²) in [6.07, 6.45) is 1.25. The smallest absolute Gasteiger partial charge is 0.0142 e. The molecule has 2 rings (SSSR count). The molecule has 0 unspecified atom stereocenters. The van der Waals surface area contributed by atoms with Gasteiger partial charge in [-0.05, 0) is 23.5 Å². The topological polar surface area (TPSA) is 0 Å². The summed E-state index contributed by atoms with van der Waals surface area (Å²) in [5.74, 6) is 0.660. The van der Waals surface area contributed by atoms with Crippen molar-refractivity contribution in [1.82, 2.24) is 0 Å². The zero-order valence-corrected chi connectivity index (χ0v) is 9.32. The van der Waals surface area contributed by atoms with Gasteiger partial charge in [-0.1, -0.05) is 39.0 Å². The minimum absolute atomic E-state index is 0.660. The van der Waals surface area contributed by atoms with Gasteiger partial charge in [0.2, 0.25) is 0 Å². The van der Waals surface area contributed by atoms with Crippen LogP contribution in [0.15, 0.2) is 23.1 Å². The van der Waals surface area contributed by atoms with Crippen molar-refractivity contribution in [3.63, 3.8) is 0 Å². The van der Waals surface area contributed by atoms with E-state index in [4.69, 9.17) is 0 Å². The van der Waals surface area contributed by atoms with Crippen molar-refractivity contribution < 1.29 is 0 Å². The molecule has 1 heteroatoms. The standard InChI is InChI=1S/C12H16S/c1-8(2)11-6-4-5-10-7-9(3)13-12(10)11/h4-6,8-9H,7H2,1-3H3/t9-/m1/s1. The number of hydrogen-bond donors (Lipinski definition) is 0. The molecule has 1 aliphatic rings. The van der Waals surface area contributed by atoms with Gasteiger partial charge in [0.25, 0.3) is 0 Å².